The maximum atomic E-state index is 6.19. The molecule has 0 atom stereocenters. The summed E-state index contributed by atoms with van der Waals surface area (Å²) in [6.07, 6.45) is 0. The molecule has 0 bridgehead atoms. The summed E-state index contributed by atoms with van der Waals surface area (Å²) in [5, 5.41) is 7.25. The quantitative estimate of drug-likeness (QED) is 0.705. The van der Waals surface area contributed by atoms with E-state index in [1.165, 1.54) is 0 Å². The normalized spacial score (nSPS) is 10.9. The van der Waals surface area contributed by atoms with Gasteiger partial charge in [0.05, 0.1) is 10.4 Å². The van der Waals surface area contributed by atoms with E-state index in [1.54, 1.807) is 16.0 Å². The van der Waals surface area contributed by atoms with E-state index in [-0.39, 0.29) is 0 Å². The summed E-state index contributed by atoms with van der Waals surface area (Å²) in [5.74, 6) is 0.627. The Morgan fingerprint density at radius 3 is 2.80 bits per heavy atom. The predicted octanol–water partition coefficient (Wildman–Crippen LogP) is 4.81. The zero-order valence-corrected chi connectivity index (χ0v) is 13.8. The number of hydrogen-bond donors (Lipinski definition) is 1. The summed E-state index contributed by atoms with van der Waals surface area (Å²) >= 11 is 11.3. The fourth-order valence-electron chi connectivity index (χ4n) is 2.09. The minimum absolute atomic E-state index is 0.627. The lowest BCUT2D eigenvalue weighted by Crippen LogP contribution is -1.97. The van der Waals surface area contributed by atoms with Gasteiger partial charge in [0.25, 0.3) is 0 Å². The molecule has 2 heterocycles. The number of thiophene rings is 1. The highest BCUT2D eigenvalue weighted by Gasteiger charge is 2.20. The van der Waals surface area contributed by atoms with E-state index in [2.05, 4.69) is 21.0 Å². The Morgan fingerprint density at radius 2 is 2.15 bits per heavy atom. The number of anilines is 1. The van der Waals surface area contributed by atoms with Crippen molar-refractivity contribution < 1.29 is 0 Å². The molecule has 0 aliphatic rings. The molecule has 0 aliphatic heterocycles. The summed E-state index contributed by atoms with van der Waals surface area (Å²) in [5.41, 5.74) is 8.94. The van der Waals surface area contributed by atoms with Gasteiger partial charge in [-0.25, -0.2) is 0 Å². The van der Waals surface area contributed by atoms with E-state index in [0.717, 1.165) is 26.2 Å². The van der Waals surface area contributed by atoms with Crippen LogP contribution in [-0.4, -0.2) is 9.78 Å². The first-order chi connectivity index (χ1) is 9.58. The van der Waals surface area contributed by atoms with Gasteiger partial charge in [0.2, 0.25) is 0 Å². The lowest BCUT2D eigenvalue weighted by atomic mass is 10.0. The average molecular weight is 369 g/mol. The van der Waals surface area contributed by atoms with Crippen LogP contribution in [0.3, 0.4) is 0 Å². The van der Waals surface area contributed by atoms with Crippen molar-refractivity contribution in [3.63, 3.8) is 0 Å². The van der Waals surface area contributed by atoms with Crippen molar-refractivity contribution in [1.82, 2.24) is 9.78 Å². The van der Waals surface area contributed by atoms with Crippen molar-refractivity contribution in [3.8, 4) is 21.7 Å². The Bertz CT molecular complexity index is 779. The van der Waals surface area contributed by atoms with E-state index >= 15 is 0 Å². The van der Waals surface area contributed by atoms with E-state index in [9.17, 15) is 0 Å². The van der Waals surface area contributed by atoms with Crippen molar-refractivity contribution >= 4 is 44.7 Å². The molecule has 20 heavy (non-hydrogen) atoms. The molecule has 0 saturated carbocycles. The first-order valence-corrected chi connectivity index (χ1v) is 7.94. The highest BCUT2D eigenvalue weighted by atomic mass is 79.9. The van der Waals surface area contributed by atoms with Gasteiger partial charge < -0.3 is 5.73 Å². The third kappa shape index (κ3) is 2.26. The van der Waals surface area contributed by atoms with E-state index in [0.29, 0.717) is 10.8 Å². The first-order valence-electron chi connectivity index (χ1n) is 5.89. The van der Waals surface area contributed by atoms with Crippen LogP contribution in [0.4, 0.5) is 5.82 Å². The molecular formula is C14H11BrClN3S. The van der Waals surface area contributed by atoms with Crippen LogP contribution < -0.4 is 5.73 Å². The molecule has 0 fully saturated rings. The highest BCUT2D eigenvalue weighted by molar-refractivity contribution is 9.10. The van der Waals surface area contributed by atoms with Gasteiger partial charge in [-0.2, -0.15) is 5.10 Å². The molecule has 3 rings (SSSR count). The van der Waals surface area contributed by atoms with Crippen molar-refractivity contribution in [1.29, 1.82) is 0 Å². The average Bonchev–Trinajstić information content (AvgIpc) is 2.94. The Labute approximate surface area is 134 Å². The molecule has 0 radical (unpaired) electrons. The van der Waals surface area contributed by atoms with Gasteiger partial charge in [0.1, 0.15) is 11.5 Å². The van der Waals surface area contributed by atoms with Gasteiger partial charge in [0.15, 0.2) is 0 Å². The van der Waals surface area contributed by atoms with Gasteiger partial charge in [-0.05, 0) is 45.1 Å². The summed E-state index contributed by atoms with van der Waals surface area (Å²) in [7, 11) is 1.84. The molecule has 2 aromatic heterocycles. The number of nitrogens with zero attached hydrogens (tertiary/aromatic N) is 2. The number of aryl methyl sites for hydroxylation is 1. The van der Waals surface area contributed by atoms with Crippen LogP contribution >= 0.6 is 38.9 Å². The third-order valence-corrected chi connectivity index (χ3v) is 5.12. The molecule has 0 spiro atoms. The third-order valence-electron chi connectivity index (χ3n) is 3.04. The fourth-order valence-corrected chi connectivity index (χ4v) is 3.83. The largest absolute Gasteiger partial charge is 0.383 e. The molecule has 2 N–H and O–H groups in total. The molecule has 3 aromatic rings. The van der Waals surface area contributed by atoms with Crippen LogP contribution in [0.2, 0.25) is 5.02 Å². The Balaban J connectivity index is 2.28. The van der Waals surface area contributed by atoms with Gasteiger partial charge in [0, 0.05) is 16.5 Å². The Morgan fingerprint density at radius 1 is 1.35 bits per heavy atom. The fraction of sp³-hybridized carbons (Fsp3) is 0.0714. The number of halogens is 2. The van der Waals surface area contributed by atoms with Crippen LogP contribution in [0.5, 0.6) is 0 Å². The molecule has 102 valence electrons. The number of rotatable bonds is 2. The van der Waals surface area contributed by atoms with Crippen LogP contribution in [0, 0.1) is 0 Å². The first kappa shape index (κ1) is 13.7. The highest BCUT2D eigenvalue weighted by Crippen LogP contribution is 2.41. The smallest absolute Gasteiger partial charge is 0.129 e. The SMILES string of the molecule is Cn1nc(-c2sccc2Br)c(-c2cccc(Cl)c2)c1N. The second-order valence-electron chi connectivity index (χ2n) is 4.34. The minimum Gasteiger partial charge on any atom is -0.383 e. The monoisotopic (exact) mass is 367 g/mol. The second kappa shape index (κ2) is 5.24. The Hall–Kier alpha value is -1.30. The maximum absolute atomic E-state index is 6.19. The number of aromatic nitrogens is 2. The molecular weight excluding hydrogens is 358 g/mol. The van der Waals surface area contributed by atoms with E-state index in [1.807, 2.05) is 42.8 Å². The second-order valence-corrected chi connectivity index (χ2v) is 6.55. The van der Waals surface area contributed by atoms with Gasteiger partial charge in [-0.1, -0.05) is 23.7 Å². The maximum Gasteiger partial charge on any atom is 0.129 e. The van der Waals surface area contributed by atoms with Crippen LogP contribution in [0.25, 0.3) is 21.7 Å². The minimum atomic E-state index is 0.627. The number of nitrogen functional groups attached to an aromatic ring is 1. The Kier molecular flexibility index (Phi) is 3.58. The number of nitrogens with two attached hydrogens (primary N) is 1. The lowest BCUT2D eigenvalue weighted by molar-refractivity contribution is 0.783. The van der Waals surface area contributed by atoms with Gasteiger partial charge in [-0.3, -0.25) is 4.68 Å². The van der Waals surface area contributed by atoms with Crippen molar-refractivity contribution in [2.24, 2.45) is 7.05 Å². The molecule has 0 amide bonds. The number of benzene rings is 1. The van der Waals surface area contributed by atoms with E-state index in [4.69, 9.17) is 17.3 Å². The van der Waals surface area contributed by atoms with Crippen LogP contribution in [-0.2, 0) is 7.05 Å². The molecule has 6 heteroatoms. The lowest BCUT2D eigenvalue weighted by Gasteiger charge is -2.04. The van der Waals surface area contributed by atoms with Crippen LogP contribution in [0.1, 0.15) is 0 Å². The molecule has 3 nitrogen and oxygen atoms in total. The van der Waals surface area contributed by atoms with Gasteiger partial charge >= 0.3 is 0 Å². The summed E-state index contributed by atoms with van der Waals surface area (Å²) in [6.45, 7) is 0. The standard InChI is InChI=1S/C14H11BrClN3S/c1-19-14(17)11(8-3-2-4-9(16)7-8)12(18-19)13-10(15)5-6-20-13/h2-7H,17H2,1H3. The zero-order chi connectivity index (χ0) is 14.3. The van der Waals surface area contributed by atoms with Crippen molar-refractivity contribution in [3.05, 3.63) is 45.2 Å². The molecule has 0 unspecified atom stereocenters. The zero-order valence-electron chi connectivity index (χ0n) is 10.6. The van der Waals surface area contributed by atoms with Gasteiger partial charge in [-0.15, -0.1) is 11.3 Å². The van der Waals surface area contributed by atoms with Crippen molar-refractivity contribution in [2.45, 2.75) is 0 Å². The van der Waals surface area contributed by atoms with Crippen molar-refractivity contribution in [2.75, 3.05) is 5.73 Å². The molecule has 0 aliphatic carbocycles. The number of hydrogen-bond acceptors (Lipinski definition) is 3. The molecule has 1 aromatic carbocycles. The molecule has 0 saturated heterocycles. The summed E-state index contributed by atoms with van der Waals surface area (Å²) in [4.78, 5) is 1.06. The summed E-state index contributed by atoms with van der Waals surface area (Å²) < 4.78 is 2.71. The predicted molar refractivity (Wildman–Crippen MR) is 89.1 cm³/mol. The topological polar surface area (TPSA) is 43.8 Å². The van der Waals surface area contributed by atoms with E-state index < -0.39 is 0 Å². The van der Waals surface area contributed by atoms with Crippen LogP contribution in [0.15, 0.2) is 40.2 Å². The summed E-state index contributed by atoms with van der Waals surface area (Å²) in [6, 6.07) is 9.66.